The van der Waals surface area contributed by atoms with Crippen molar-refractivity contribution in [3.05, 3.63) is 29.0 Å². The Labute approximate surface area is 104 Å². The van der Waals surface area contributed by atoms with Gasteiger partial charge in [0.15, 0.2) is 0 Å². The van der Waals surface area contributed by atoms with E-state index in [-0.39, 0.29) is 10.9 Å². The third kappa shape index (κ3) is 3.41. The lowest BCUT2D eigenvalue weighted by Crippen LogP contribution is -2.18. The van der Waals surface area contributed by atoms with Crippen LogP contribution >= 0.6 is 11.6 Å². The fraction of sp³-hybridized carbons (Fsp3) is 0.417. The highest BCUT2D eigenvalue weighted by Crippen LogP contribution is 2.19. The fourth-order valence-electron chi connectivity index (χ4n) is 1.94. The number of carbonyl (C=O) groups is 1. The van der Waals surface area contributed by atoms with Crippen molar-refractivity contribution < 1.29 is 9.18 Å². The summed E-state index contributed by atoms with van der Waals surface area (Å²) in [6, 6.07) is 4.26. The normalized spacial score (nSPS) is 19.3. The standard InChI is InChI=1S/C12H14ClFN2O/c13-10-2-1-9(6-11(10)14)16-12(17)5-8-3-4-15-7-8/h1-2,6,8,15H,3-5,7H2,(H,16,17). The van der Waals surface area contributed by atoms with E-state index in [0.717, 1.165) is 19.5 Å². The first-order chi connectivity index (χ1) is 8.15. The molecule has 1 aliphatic rings. The molecule has 1 aliphatic heterocycles. The number of nitrogens with one attached hydrogen (secondary N) is 2. The van der Waals surface area contributed by atoms with Crippen molar-refractivity contribution in [2.45, 2.75) is 12.8 Å². The van der Waals surface area contributed by atoms with Gasteiger partial charge in [0, 0.05) is 12.1 Å². The molecule has 0 aliphatic carbocycles. The minimum absolute atomic E-state index is 0.0583. The van der Waals surface area contributed by atoms with Crippen LogP contribution in [0.2, 0.25) is 5.02 Å². The van der Waals surface area contributed by atoms with E-state index >= 15 is 0 Å². The summed E-state index contributed by atoms with van der Waals surface area (Å²) in [5.41, 5.74) is 0.447. The summed E-state index contributed by atoms with van der Waals surface area (Å²) in [6.45, 7) is 1.84. The molecule has 1 aromatic rings. The molecule has 1 aromatic carbocycles. The van der Waals surface area contributed by atoms with E-state index in [1.807, 2.05) is 0 Å². The number of anilines is 1. The van der Waals surface area contributed by atoms with Crippen molar-refractivity contribution in [3.8, 4) is 0 Å². The monoisotopic (exact) mass is 256 g/mol. The number of hydrogen-bond acceptors (Lipinski definition) is 2. The molecule has 2 N–H and O–H groups in total. The summed E-state index contributed by atoms with van der Waals surface area (Å²) in [5.74, 6) is -0.223. The topological polar surface area (TPSA) is 41.1 Å². The molecule has 0 spiro atoms. The van der Waals surface area contributed by atoms with Crippen molar-refractivity contribution in [3.63, 3.8) is 0 Å². The summed E-state index contributed by atoms with van der Waals surface area (Å²) in [6.07, 6.45) is 1.49. The number of hydrogen-bond donors (Lipinski definition) is 2. The smallest absolute Gasteiger partial charge is 0.224 e. The van der Waals surface area contributed by atoms with Gasteiger partial charge < -0.3 is 10.6 Å². The molecule has 1 amide bonds. The highest BCUT2D eigenvalue weighted by atomic mass is 35.5. The molecule has 2 rings (SSSR count). The minimum Gasteiger partial charge on any atom is -0.326 e. The van der Waals surface area contributed by atoms with Crippen LogP contribution in [0.5, 0.6) is 0 Å². The molecule has 0 bridgehead atoms. The van der Waals surface area contributed by atoms with E-state index in [9.17, 15) is 9.18 Å². The second-order valence-electron chi connectivity index (χ2n) is 4.24. The van der Waals surface area contributed by atoms with Crippen molar-refractivity contribution in [2.24, 2.45) is 5.92 Å². The Hall–Kier alpha value is -1.13. The van der Waals surface area contributed by atoms with Gasteiger partial charge in [-0.3, -0.25) is 4.79 Å². The van der Waals surface area contributed by atoms with Crippen molar-refractivity contribution >= 4 is 23.2 Å². The Bertz CT molecular complexity index is 419. The zero-order chi connectivity index (χ0) is 12.3. The van der Waals surface area contributed by atoms with E-state index in [1.54, 1.807) is 6.07 Å². The lowest BCUT2D eigenvalue weighted by molar-refractivity contribution is -0.116. The first-order valence-electron chi connectivity index (χ1n) is 5.61. The Balaban J connectivity index is 1.90. The lowest BCUT2D eigenvalue weighted by atomic mass is 10.0. The van der Waals surface area contributed by atoms with Crippen LogP contribution in [0.4, 0.5) is 10.1 Å². The van der Waals surface area contributed by atoms with Crippen LogP contribution in [-0.2, 0) is 4.79 Å². The fourth-order valence-corrected chi connectivity index (χ4v) is 2.05. The Morgan fingerprint density at radius 1 is 1.59 bits per heavy atom. The summed E-state index contributed by atoms with van der Waals surface area (Å²) >= 11 is 5.56. The number of carbonyl (C=O) groups excluding carboxylic acids is 1. The van der Waals surface area contributed by atoms with E-state index in [1.165, 1.54) is 12.1 Å². The molecule has 1 heterocycles. The van der Waals surface area contributed by atoms with Gasteiger partial charge in [0.25, 0.3) is 0 Å². The summed E-state index contributed by atoms with van der Waals surface area (Å²) < 4.78 is 13.1. The van der Waals surface area contributed by atoms with Gasteiger partial charge in [0.2, 0.25) is 5.91 Å². The van der Waals surface area contributed by atoms with Crippen LogP contribution in [0, 0.1) is 11.7 Å². The van der Waals surface area contributed by atoms with Gasteiger partial charge in [-0.05, 0) is 43.6 Å². The Morgan fingerprint density at radius 2 is 2.41 bits per heavy atom. The zero-order valence-corrected chi connectivity index (χ0v) is 10.1. The van der Waals surface area contributed by atoms with Gasteiger partial charge in [-0.2, -0.15) is 0 Å². The number of halogens is 2. The number of amides is 1. The Kier molecular flexibility index (Phi) is 3.97. The van der Waals surface area contributed by atoms with Crippen LogP contribution in [0.15, 0.2) is 18.2 Å². The van der Waals surface area contributed by atoms with Crippen molar-refractivity contribution in [1.82, 2.24) is 5.32 Å². The average Bonchev–Trinajstić information content (AvgIpc) is 2.76. The van der Waals surface area contributed by atoms with Crippen LogP contribution < -0.4 is 10.6 Å². The lowest BCUT2D eigenvalue weighted by Gasteiger charge is -2.09. The van der Waals surface area contributed by atoms with Crippen molar-refractivity contribution in [2.75, 3.05) is 18.4 Å². The predicted molar refractivity (Wildman–Crippen MR) is 65.6 cm³/mol. The van der Waals surface area contributed by atoms with Gasteiger partial charge >= 0.3 is 0 Å². The van der Waals surface area contributed by atoms with Crippen molar-refractivity contribution in [1.29, 1.82) is 0 Å². The van der Waals surface area contributed by atoms with Crippen LogP contribution in [-0.4, -0.2) is 19.0 Å². The second kappa shape index (κ2) is 5.47. The molecular formula is C12H14ClFN2O. The molecule has 5 heteroatoms. The maximum absolute atomic E-state index is 13.1. The van der Waals surface area contributed by atoms with Crippen LogP contribution in [0.25, 0.3) is 0 Å². The molecule has 1 atom stereocenters. The first-order valence-corrected chi connectivity index (χ1v) is 5.98. The zero-order valence-electron chi connectivity index (χ0n) is 9.30. The molecule has 3 nitrogen and oxygen atoms in total. The van der Waals surface area contributed by atoms with E-state index in [0.29, 0.717) is 18.0 Å². The van der Waals surface area contributed by atoms with E-state index in [4.69, 9.17) is 11.6 Å². The van der Waals surface area contributed by atoms with Gasteiger partial charge in [0.1, 0.15) is 5.82 Å². The van der Waals surface area contributed by atoms with Gasteiger partial charge in [-0.15, -0.1) is 0 Å². The summed E-state index contributed by atoms with van der Waals surface area (Å²) in [7, 11) is 0. The number of rotatable bonds is 3. The first kappa shape index (κ1) is 12.3. The SMILES string of the molecule is O=C(CC1CCNC1)Nc1ccc(Cl)c(F)c1. The highest BCUT2D eigenvalue weighted by molar-refractivity contribution is 6.30. The van der Waals surface area contributed by atoms with Gasteiger partial charge in [-0.25, -0.2) is 4.39 Å². The van der Waals surface area contributed by atoms with Gasteiger partial charge in [0.05, 0.1) is 5.02 Å². The molecule has 0 aromatic heterocycles. The third-order valence-corrected chi connectivity index (χ3v) is 3.15. The molecule has 1 fully saturated rings. The quantitative estimate of drug-likeness (QED) is 0.872. The molecule has 92 valence electrons. The largest absolute Gasteiger partial charge is 0.326 e. The summed E-state index contributed by atoms with van der Waals surface area (Å²) in [4.78, 5) is 11.7. The molecule has 1 unspecified atom stereocenters. The third-order valence-electron chi connectivity index (χ3n) is 2.84. The minimum atomic E-state index is -0.521. The maximum atomic E-state index is 13.1. The second-order valence-corrected chi connectivity index (χ2v) is 4.65. The van der Waals surface area contributed by atoms with Crippen LogP contribution in [0.3, 0.4) is 0 Å². The van der Waals surface area contributed by atoms with E-state index in [2.05, 4.69) is 10.6 Å². The molecule has 0 saturated carbocycles. The molecule has 1 saturated heterocycles. The molecule has 17 heavy (non-hydrogen) atoms. The molecular weight excluding hydrogens is 243 g/mol. The Morgan fingerprint density at radius 3 is 3.06 bits per heavy atom. The van der Waals surface area contributed by atoms with E-state index < -0.39 is 5.82 Å². The van der Waals surface area contributed by atoms with Gasteiger partial charge in [-0.1, -0.05) is 11.6 Å². The predicted octanol–water partition coefficient (Wildman–Crippen LogP) is 2.42. The maximum Gasteiger partial charge on any atom is 0.224 e. The number of benzene rings is 1. The molecule has 0 radical (unpaired) electrons. The average molecular weight is 257 g/mol. The van der Waals surface area contributed by atoms with Crippen LogP contribution in [0.1, 0.15) is 12.8 Å². The highest BCUT2D eigenvalue weighted by Gasteiger charge is 2.18. The summed E-state index contributed by atoms with van der Waals surface area (Å²) in [5, 5.41) is 5.93.